The van der Waals surface area contributed by atoms with Crippen molar-refractivity contribution in [2.75, 3.05) is 18.0 Å². The Hall–Kier alpha value is -5.15. The minimum atomic E-state index is -0.740. The minimum absolute atomic E-state index is 0.0619. The van der Waals surface area contributed by atoms with Gasteiger partial charge in [0.1, 0.15) is 11.4 Å². The van der Waals surface area contributed by atoms with E-state index in [0.29, 0.717) is 53.4 Å². The van der Waals surface area contributed by atoms with Gasteiger partial charge < -0.3 is 9.47 Å². The predicted octanol–water partition coefficient (Wildman–Crippen LogP) is 7.65. The van der Waals surface area contributed by atoms with E-state index in [1.54, 1.807) is 11.0 Å². The lowest BCUT2D eigenvalue weighted by molar-refractivity contribution is -0.134. The van der Waals surface area contributed by atoms with Crippen LogP contribution < -0.4 is 4.90 Å². The molecule has 1 fully saturated rings. The summed E-state index contributed by atoms with van der Waals surface area (Å²) in [6.45, 7) is 3.14. The number of piperidine rings is 1. The van der Waals surface area contributed by atoms with Crippen LogP contribution in [0.3, 0.4) is 0 Å². The molecule has 48 heavy (non-hydrogen) atoms. The maximum Gasteiger partial charge on any atom is 0.232 e. The maximum atomic E-state index is 14.3. The summed E-state index contributed by atoms with van der Waals surface area (Å²) in [5.74, 6) is -0.571. The Balaban J connectivity index is 1.30. The molecule has 2 amide bonds. The minimum Gasteiger partial charge on any atom is -0.343 e. The molecule has 0 spiro atoms. The molecule has 0 bridgehead atoms. The summed E-state index contributed by atoms with van der Waals surface area (Å²) in [5.41, 5.74) is 3.80. The van der Waals surface area contributed by atoms with Crippen LogP contribution >= 0.6 is 11.3 Å². The van der Waals surface area contributed by atoms with Crippen LogP contribution in [0.1, 0.15) is 48.6 Å². The number of thiazole rings is 1. The highest BCUT2D eigenvalue weighted by Gasteiger charge is 2.39. The monoisotopic (exact) mass is 657 g/mol. The fraction of sp³-hybridized carbons (Fsp3) is 0.231. The molecule has 1 aliphatic rings. The number of amides is 2. The Labute approximate surface area is 283 Å². The van der Waals surface area contributed by atoms with Crippen molar-refractivity contribution in [2.45, 2.75) is 38.3 Å². The van der Waals surface area contributed by atoms with Crippen molar-refractivity contribution < 1.29 is 14.0 Å². The molecule has 7 rings (SSSR count). The van der Waals surface area contributed by atoms with Crippen LogP contribution in [-0.2, 0) is 21.7 Å². The summed E-state index contributed by atoms with van der Waals surface area (Å²) >= 11 is 1.30. The standard InChI is InChI=1S/C39H36FN5O2S/c1-2-36(46)43-22-20-28(21-23-43)37(47)45(38-42-34-19-18-32(40)24-35(34)48-38)26-33-25-44(27-41-33)39(29-12-6-3-7-13-29,30-14-8-4-9-15-30)31-16-10-5-11-17-31/h3-19,24-25,27-28H,2,20-23,26H2,1H3. The van der Waals surface area contributed by atoms with Crippen LogP contribution in [0, 0.1) is 11.7 Å². The number of likely N-dealkylation sites (tertiary alicyclic amines) is 1. The van der Waals surface area contributed by atoms with Crippen molar-refractivity contribution in [1.82, 2.24) is 19.4 Å². The summed E-state index contributed by atoms with van der Waals surface area (Å²) in [7, 11) is 0. The number of halogens is 1. The third-order valence-electron chi connectivity index (χ3n) is 9.25. The molecule has 0 radical (unpaired) electrons. The van der Waals surface area contributed by atoms with Crippen LogP contribution in [0.25, 0.3) is 10.2 Å². The van der Waals surface area contributed by atoms with Crippen molar-refractivity contribution in [1.29, 1.82) is 0 Å². The van der Waals surface area contributed by atoms with Gasteiger partial charge in [-0.2, -0.15) is 0 Å². The van der Waals surface area contributed by atoms with Crippen molar-refractivity contribution in [3.8, 4) is 0 Å². The normalized spacial score (nSPS) is 13.9. The van der Waals surface area contributed by atoms with E-state index in [9.17, 15) is 14.0 Å². The summed E-state index contributed by atoms with van der Waals surface area (Å²) in [6.07, 6.45) is 5.46. The number of carbonyl (C=O) groups excluding carboxylic acids is 2. The number of aromatic nitrogens is 3. The maximum absolute atomic E-state index is 14.3. The fourth-order valence-electron chi connectivity index (χ4n) is 6.84. The predicted molar refractivity (Wildman–Crippen MR) is 187 cm³/mol. The highest BCUT2D eigenvalue weighted by molar-refractivity contribution is 7.22. The third kappa shape index (κ3) is 5.90. The van der Waals surface area contributed by atoms with Gasteiger partial charge in [-0.25, -0.2) is 14.4 Å². The highest BCUT2D eigenvalue weighted by atomic mass is 32.1. The quantitative estimate of drug-likeness (QED) is 0.150. The zero-order valence-corrected chi connectivity index (χ0v) is 27.5. The second-order valence-corrected chi connectivity index (χ2v) is 13.1. The van der Waals surface area contributed by atoms with E-state index in [1.807, 2.05) is 78.9 Å². The van der Waals surface area contributed by atoms with Gasteiger partial charge in [0.05, 0.1) is 28.8 Å². The number of imidazole rings is 1. The van der Waals surface area contributed by atoms with Gasteiger partial charge >= 0.3 is 0 Å². The number of carbonyl (C=O) groups is 2. The molecule has 0 atom stereocenters. The number of hydrogen-bond acceptors (Lipinski definition) is 5. The van der Waals surface area contributed by atoms with E-state index >= 15 is 0 Å². The lowest BCUT2D eigenvalue weighted by Gasteiger charge is -2.37. The first-order valence-corrected chi connectivity index (χ1v) is 17.1. The van der Waals surface area contributed by atoms with E-state index in [-0.39, 0.29) is 30.1 Å². The third-order valence-corrected chi connectivity index (χ3v) is 10.3. The van der Waals surface area contributed by atoms with E-state index < -0.39 is 5.54 Å². The van der Waals surface area contributed by atoms with Crippen LogP contribution in [0.4, 0.5) is 9.52 Å². The second-order valence-electron chi connectivity index (χ2n) is 12.1. The molecule has 0 unspecified atom stereocenters. The van der Waals surface area contributed by atoms with E-state index in [1.165, 1.54) is 23.5 Å². The van der Waals surface area contributed by atoms with Crippen molar-refractivity contribution >= 4 is 38.5 Å². The average Bonchev–Trinajstić information content (AvgIpc) is 3.79. The summed E-state index contributed by atoms with van der Waals surface area (Å²) in [6, 6.07) is 35.6. The first-order chi connectivity index (χ1) is 23.5. The van der Waals surface area contributed by atoms with Crippen LogP contribution in [-0.4, -0.2) is 44.3 Å². The molecular formula is C39H36FN5O2S. The molecule has 0 N–H and O–H groups in total. The van der Waals surface area contributed by atoms with Gasteiger partial charge in [0.25, 0.3) is 0 Å². The lowest BCUT2D eigenvalue weighted by Crippen LogP contribution is -2.44. The number of anilines is 1. The van der Waals surface area contributed by atoms with Gasteiger partial charge in [0.2, 0.25) is 11.8 Å². The smallest absolute Gasteiger partial charge is 0.232 e. The summed E-state index contributed by atoms with van der Waals surface area (Å²) in [4.78, 5) is 39.9. The Morgan fingerprint density at radius 2 is 1.46 bits per heavy atom. The molecule has 3 heterocycles. The molecule has 0 aliphatic carbocycles. The topological polar surface area (TPSA) is 71.3 Å². The fourth-order valence-corrected chi connectivity index (χ4v) is 7.83. The summed E-state index contributed by atoms with van der Waals surface area (Å²) < 4.78 is 17.0. The average molecular weight is 658 g/mol. The van der Waals surface area contributed by atoms with Crippen LogP contribution in [0.15, 0.2) is 122 Å². The number of rotatable bonds is 9. The van der Waals surface area contributed by atoms with Crippen molar-refractivity contribution in [2.24, 2.45) is 5.92 Å². The number of fused-ring (bicyclic) bond motifs is 1. The SMILES string of the molecule is CCC(=O)N1CCC(C(=O)N(Cc2cn(C(c3ccccc3)(c3ccccc3)c3ccccc3)cn2)c2nc3ccc(F)cc3s2)CC1. The van der Waals surface area contributed by atoms with E-state index in [2.05, 4.69) is 41.0 Å². The van der Waals surface area contributed by atoms with Gasteiger partial charge in [-0.3, -0.25) is 14.5 Å². The zero-order valence-electron chi connectivity index (χ0n) is 26.7. The zero-order chi connectivity index (χ0) is 33.1. The molecule has 0 saturated carbocycles. The molecule has 7 nitrogen and oxygen atoms in total. The molecule has 2 aromatic heterocycles. The molecule has 9 heteroatoms. The molecule has 4 aromatic carbocycles. The van der Waals surface area contributed by atoms with Crippen molar-refractivity contribution in [3.63, 3.8) is 0 Å². The second kappa shape index (κ2) is 13.5. The molecule has 6 aromatic rings. The number of nitrogens with zero attached hydrogens (tertiary/aromatic N) is 5. The molecule has 1 saturated heterocycles. The van der Waals surface area contributed by atoms with Gasteiger partial charge in [-0.1, -0.05) is 109 Å². The first kappa shape index (κ1) is 31.4. The lowest BCUT2D eigenvalue weighted by atomic mass is 9.77. The first-order valence-electron chi connectivity index (χ1n) is 16.3. The molecular weight excluding hydrogens is 622 g/mol. The largest absolute Gasteiger partial charge is 0.343 e. The Bertz CT molecular complexity index is 1920. The van der Waals surface area contributed by atoms with Crippen LogP contribution in [0.2, 0.25) is 0 Å². The van der Waals surface area contributed by atoms with E-state index in [4.69, 9.17) is 9.97 Å². The number of benzene rings is 4. The highest BCUT2D eigenvalue weighted by Crippen LogP contribution is 2.41. The van der Waals surface area contributed by atoms with Crippen LogP contribution in [0.5, 0.6) is 0 Å². The number of hydrogen-bond donors (Lipinski definition) is 0. The van der Waals surface area contributed by atoms with Gasteiger partial charge in [0.15, 0.2) is 5.13 Å². The Morgan fingerprint density at radius 1 is 0.875 bits per heavy atom. The van der Waals surface area contributed by atoms with Gasteiger partial charge in [-0.05, 0) is 47.7 Å². The Morgan fingerprint density at radius 3 is 2.02 bits per heavy atom. The molecule has 242 valence electrons. The summed E-state index contributed by atoms with van der Waals surface area (Å²) in [5, 5.41) is 0.502. The van der Waals surface area contributed by atoms with E-state index in [0.717, 1.165) is 16.7 Å². The Kier molecular flexibility index (Phi) is 8.86. The van der Waals surface area contributed by atoms with Gasteiger partial charge in [-0.15, -0.1) is 0 Å². The molecule has 1 aliphatic heterocycles. The van der Waals surface area contributed by atoms with Gasteiger partial charge in [0, 0.05) is 31.6 Å². The van der Waals surface area contributed by atoms with Crippen molar-refractivity contribution in [3.05, 3.63) is 150 Å².